The fourth-order valence-electron chi connectivity index (χ4n) is 5.98. The normalized spacial score (nSPS) is 12.8. The molecule has 6 rings (SSSR count). The SMILES string of the molecule is Nc1ccc(-c2ccc3ccccc3c2)cc1NC(=O)CCCCCCNc1c2c(nc3ccccc13)CCCC2. The molecule has 41 heavy (non-hydrogen) atoms. The number of unbranched alkanes of at least 4 members (excludes halogenated alkanes) is 3. The summed E-state index contributed by atoms with van der Waals surface area (Å²) < 4.78 is 0. The lowest BCUT2D eigenvalue weighted by atomic mass is 9.92. The highest BCUT2D eigenvalue weighted by Crippen LogP contribution is 2.33. The van der Waals surface area contributed by atoms with Crippen LogP contribution in [0.5, 0.6) is 0 Å². The number of hydrogen-bond donors (Lipinski definition) is 3. The molecule has 5 heteroatoms. The summed E-state index contributed by atoms with van der Waals surface area (Å²) in [5.74, 6) is 0.0142. The number of rotatable bonds is 10. The third-order valence-corrected chi connectivity index (χ3v) is 8.21. The molecule has 0 saturated carbocycles. The average molecular weight is 543 g/mol. The molecular weight excluding hydrogens is 504 g/mol. The predicted molar refractivity (Wildman–Crippen MR) is 172 cm³/mol. The minimum Gasteiger partial charge on any atom is -0.397 e. The summed E-state index contributed by atoms with van der Waals surface area (Å²) in [6.45, 7) is 0.935. The van der Waals surface area contributed by atoms with E-state index >= 15 is 0 Å². The molecule has 0 atom stereocenters. The molecule has 1 aliphatic rings. The lowest BCUT2D eigenvalue weighted by Gasteiger charge is -2.21. The minimum atomic E-state index is 0.0142. The number of aryl methyl sites for hydroxylation is 1. The molecule has 208 valence electrons. The summed E-state index contributed by atoms with van der Waals surface area (Å²) >= 11 is 0. The summed E-state index contributed by atoms with van der Waals surface area (Å²) in [6.07, 6.45) is 9.21. The van der Waals surface area contributed by atoms with E-state index in [0.29, 0.717) is 17.8 Å². The van der Waals surface area contributed by atoms with E-state index in [1.807, 2.05) is 30.3 Å². The van der Waals surface area contributed by atoms with Gasteiger partial charge in [-0.1, -0.05) is 73.5 Å². The number of nitrogens with zero attached hydrogens (tertiary/aromatic N) is 1. The van der Waals surface area contributed by atoms with E-state index in [-0.39, 0.29) is 5.91 Å². The number of carbonyl (C=O) groups is 1. The van der Waals surface area contributed by atoms with Gasteiger partial charge < -0.3 is 16.4 Å². The molecule has 1 aromatic heterocycles. The molecule has 0 aliphatic heterocycles. The topological polar surface area (TPSA) is 80.0 Å². The van der Waals surface area contributed by atoms with Gasteiger partial charge in [-0.3, -0.25) is 9.78 Å². The van der Waals surface area contributed by atoms with E-state index in [1.165, 1.54) is 45.9 Å². The Bertz CT molecular complexity index is 1690. The molecule has 0 fully saturated rings. The first-order chi connectivity index (χ1) is 20.2. The number of amides is 1. The van der Waals surface area contributed by atoms with Crippen molar-refractivity contribution < 1.29 is 4.79 Å². The van der Waals surface area contributed by atoms with Gasteiger partial charge in [0.1, 0.15) is 0 Å². The van der Waals surface area contributed by atoms with Crippen molar-refractivity contribution in [3.8, 4) is 11.1 Å². The van der Waals surface area contributed by atoms with Crippen LogP contribution in [0, 0.1) is 0 Å². The number of hydrogen-bond acceptors (Lipinski definition) is 4. The van der Waals surface area contributed by atoms with Crippen LogP contribution in [0.3, 0.4) is 0 Å². The van der Waals surface area contributed by atoms with Gasteiger partial charge in [0.2, 0.25) is 5.91 Å². The number of carbonyl (C=O) groups excluding carboxylic acids is 1. The van der Waals surface area contributed by atoms with Crippen LogP contribution in [0.4, 0.5) is 17.1 Å². The van der Waals surface area contributed by atoms with Crippen LogP contribution < -0.4 is 16.4 Å². The number of benzene rings is 4. The Kier molecular flexibility index (Phi) is 8.13. The van der Waals surface area contributed by atoms with Crippen LogP contribution in [0.2, 0.25) is 0 Å². The average Bonchev–Trinajstić information content (AvgIpc) is 3.01. The van der Waals surface area contributed by atoms with Gasteiger partial charge in [-0.15, -0.1) is 0 Å². The maximum Gasteiger partial charge on any atom is 0.224 e. The van der Waals surface area contributed by atoms with Crippen molar-refractivity contribution in [2.75, 3.05) is 22.9 Å². The summed E-state index contributed by atoms with van der Waals surface area (Å²) in [6, 6.07) is 29.1. The third kappa shape index (κ3) is 6.19. The second-order valence-electron chi connectivity index (χ2n) is 11.1. The molecule has 1 aliphatic carbocycles. The molecule has 5 aromatic rings. The fourth-order valence-corrected chi connectivity index (χ4v) is 5.98. The van der Waals surface area contributed by atoms with E-state index in [0.717, 1.165) is 61.7 Å². The quantitative estimate of drug-likeness (QED) is 0.122. The van der Waals surface area contributed by atoms with Crippen molar-refractivity contribution in [1.82, 2.24) is 4.98 Å². The van der Waals surface area contributed by atoms with Gasteiger partial charge in [0.25, 0.3) is 0 Å². The zero-order valence-electron chi connectivity index (χ0n) is 23.6. The van der Waals surface area contributed by atoms with Gasteiger partial charge in [-0.2, -0.15) is 0 Å². The van der Waals surface area contributed by atoms with E-state index in [2.05, 4.69) is 65.2 Å². The standard InChI is InChI=1S/C36H38N4O/c37-31-21-20-28(27-19-18-25-11-4-5-12-26(25)23-27)24-34(31)40-35(41)17-3-1-2-10-22-38-36-29-13-6-8-15-32(29)39-33-16-9-7-14-30(33)36/h4-6,8,11-13,15,18-21,23-24H,1-3,7,9-10,14,16-17,22,37H2,(H,38,39)(H,40,41). The molecule has 5 nitrogen and oxygen atoms in total. The van der Waals surface area contributed by atoms with Crippen LogP contribution in [0.25, 0.3) is 32.8 Å². The number of aromatic nitrogens is 1. The maximum absolute atomic E-state index is 12.7. The van der Waals surface area contributed by atoms with Gasteiger partial charge in [0.15, 0.2) is 0 Å². The zero-order chi connectivity index (χ0) is 28.0. The van der Waals surface area contributed by atoms with E-state index in [1.54, 1.807) is 0 Å². The number of nitrogens with two attached hydrogens (primary N) is 1. The van der Waals surface area contributed by atoms with Crippen LogP contribution in [0.15, 0.2) is 84.9 Å². The summed E-state index contributed by atoms with van der Waals surface area (Å²) in [7, 11) is 0. The van der Waals surface area contributed by atoms with Crippen LogP contribution in [0.1, 0.15) is 56.2 Å². The summed E-state index contributed by atoms with van der Waals surface area (Å²) in [5.41, 5.74) is 14.7. The van der Waals surface area contributed by atoms with Gasteiger partial charge in [-0.05, 0) is 90.3 Å². The van der Waals surface area contributed by atoms with E-state index < -0.39 is 0 Å². The first-order valence-corrected chi connectivity index (χ1v) is 15.0. The number of nitrogens with one attached hydrogen (secondary N) is 2. The van der Waals surface area contributed by atoms with Crippen LogP contribution in [-0.4, -0.2) is 17.4 Å². The molecular formula is C36H38N4O. The summed E-state index contributed by atoms with van der Waals surface area (Å²) in [4.78, 5) is 17.7. The Morgan fingerprint density at radius 3 is 2.46 bits per heavy atom. The lowest BCUT2D eigenvalue weighted by Crippen LogP contribution is -2.13. The highest BCUT2D eigenvalue weighted by molar-refractivity contribution is 5.96. The molecule has 4 aromatic carbocycles. The Balaban J connectivity index is 0.981. The van der Waals surface area contributed by atoms with Gasteiger partial charge in [-0.25, -0.2) is 0 Å². The van der Waals surface area contributed by atoms with E-state index in [4.69, 9.17) is 10.7 Å². The molecule has 0 spiro atoms. The van der Waals surface area contributed by atoms with Crippen molar-refractivity contribution in [1.29, 1.82) is 0 Å². The van der Waals surface area contributed by atoms with Gasteiger partial charge >= 0.3 is 0 Å². The molecule has 1 amide bonds. The second kappa shape index (κ2) is 12.4. The summed E-state index contributed by atoms with van der Waals surface area (Å²) in [5, 5.41) is 10.4. The smallest absolute Gasteiger partial charge is 0.224 e. The molecule has 0 saturated heterocycles. The minimum absolute atomic E-state index is 0.0142. The Labute approximate surface area is 242 Å². The molecule has 1 heterocycles. The molecule has 0 radical (unpaired) electrons. The first-order valence-electron chi connectivity index (χ1n) is 15.0. The number of fused-ring (bicyclic) bond motifs is 3. The van der Waals surface area contributed by atoms with Gasteiger partial charge in [0.05, 0.1) is 16.9 Å². The Morgan fingerprint density at radius 1 is 0.780 bits per heavy atom. The molecule has 0 bridgehead atoms. The lowest BCUT2D eigenvalue weighted by molar-refractivity contribution is -0.116. The van der Waals surface area contributed by atoms with Crippen LogP contribution >= 0.6 is 0 Å². The van der Waals surface area contributed by atoms with Crippen molar-refractivity contribution in [3.05, 3.63) is 96.2 Å². The van der Waals surface area contributed by atoms with Crippen LogP contribution in [-0.2, 0) is 17.6 Å². The Morgan fingerprint density at radius 2 is 1.54 bits per heavy atom. The van der Waals surface area contributed by atoms with Crippen molar-refractivity contribution in [3.63, 3.8) is 0 Å². The van der Waals surface area contributed by atoms with Crippen molar-refractivity contribution in [2.24, 2.45) is 0 Å². The molecule has 4 N–H and O–H groups in total. The number of pyridine rings is 1. The third-order valence-electron chi connectivity index (χ3n) is 8.21. The zero-order valence-corrected chi connectivity index (χ0v) is 23.6. The first kappa shape index (κ1) is 26.8. The van der Waals surface area contributed by atoms with E-state index in [9.17, 15) is 4.79 Å². The number of anilines is 3. The highest BCUT2D eigenvalue weighted by Gasteiger charge is 2.17. The second-order valence-corrected chi connectivity index (χ2v) is 11.1. The maximum atomic E-state index is 12.7. The van der Waals surface area contributed by atoms with Crippen molar-refractivity contribution >= 4 is 44.6 Å². The molecule has 0 unspecified atom stereocenters. The Hall–Kier alpha value is -4.38. The highest BCUT2D eigenvalue weighted by atomic mass is 16.1. The van der Waals surface area contributed by atoms with Gasteiger partial charge in [0, 0.05) is 29.7 Å². The monoisotopic (exact) mass is 542 g/mol. The fraction of sp³-hybridized carbons (Fsp3) is 0.278. The number of para-hydroxylation sites is 1. The predicted octanol–water partition coefficient (Wildman–Crippen LogP) is 8.52. The van der Waals surface area contributed by atoms with Crippen molar-refractivity contribution in [2.45, 2.75) is 57.8 Å². The largest absolute Gasteiger partial charge is 0.397 e. The number of nitrogen functional groups attached to an aromatic ring is 1.